The Labute approximate surface area is 121 Å². The van der Waals surface area contributed by atoms with Crippen molar-refractivity contribution in [3.63, 3.8) is 0 Å². The van der Waals surface area contributed by atoms with Gasteiger partial charge >= 0.3 is 0 Å². The van der Waals surface area contributed by atoms with Crippen LogP contribution >= 0.6 is 0 Å². The molecule has 2 N–H and O–H groups in total. The van der Waals surface area contributed by atoms with Gasteiger partial charge in [0.1, 0.15) is 11.3 Å². The number of hydrogen-bond donors (Lipinski definition) is 1. The van der Waals surface area contributed by atoms with Crippen molar-refractivity contribution >= 4 is 21.9 Å². The van der Waals surface area contributed by atoms with Gasteiger partial charge in [-0.25, -0.2) is 0 Å². The molecule has 0 aliphatic rings. The monoisotopic (exact) mass is 277 g/mol. The summed E-state index contributed by atoms with van der Waals surface area (Å²) < 4.78 is 7.75. The predicted molar refractivity (Wildman–Crippen MR) is 82.9 cm³/mol. The summed E-state index contributed by atoms with van der Waals surface area (Å²) in [4.78, 5) is 0. The summed E-state index contributed by atoms with van der Waals surface area (Å²) in [7, 11) is 0. The smallest absolute Gasteiger partial charge is 0.134 e. The third-order valence-corrected chi connectivity index (χ3v) is 3.73. The Morgan fingerprint density at radius 2 is 1.81 bits per heavy atom. The zero-order valence-corrected chi connectivity index (χ0v) is 11.4. The molecule has 4 heteroatoms. The highest BCUT2D eigenvalue weighted by molar-refractivity contribution is 5.79. The van der Waals surface area contributed by atoms with Crippen molar-refractivity contribution in [1.29, 1.82) is 0 Å². The largest absolute Gasteiger partial charge is 0.459 e. The average Bonchev–Trinajstić information content (AvgIpc) is 3.11. The molecule has 2 heterocycles. The molecule has 0 radical (unpaired) electrons. The van der Waals surface area contributed by atoms with Crippen LogP contribution in [-0.4, -0.2) is 9.78 Å². The van der Waals surface area contributed by atoms with E-state index in [0.717, 1.165) is 27.6 Å². The molecule has 0 bridgehead atoms. The van der Waals surface area contributed by atoms with Crippen LogP contribution in [0.1, 0.15) is 11.8 Å². The standard InChI is InChI=1S/C17H15N3O/c18-14(17-9-12-5-2-4-8-16(12)21-17)11-20-15-7-3-1-6-13(15)10-19-20/h1-10,14H,11,18H2. The number of benzene rings is 2. The zero-order valence-electron chi connectivity index (χ0n) is 11.4. The first-order chi connectivity index (χ1) is 10.3. The number of rotatable bonds is 3. The predicted octanol–water partition coefficient (Wildman–Crippen LogP) is 3.48. The SMILES string of the molecule is NC(Cn1ncc2ccccc21)c1cc2ccccc2o1. The van der Waals surface area contributed by atoms with Gasteiger partial charge in [0.15, 0.2) is 0 Å². The Hall–Kier alpha value is -2.59. The van der Waals surface area contributed by atoms with Gasteiger partial charge in [0.05, 0.1) is 24.3 Å². The van der Waals surface area contributed by atoms with Gasteiger partial charge in [0, 0.05) is 10.8 Å². The van der Waals surface area contributed by atoms with Crippen molar-refractivity contribution < 1.29 is 4.42 Å². The van der Waals surface area contributed by atoms with E-state index in [-0.39, 0.29) is 6.04 Å². The van der Waals surface area contributed by atoms with Crippen molar-refractivity contribution in [2.75, 3.05) is 0 Å². The van der Waals surface area contributed by atoms with Crippen LogP contribution < -0.4 is 5.73 Å². The molecule has 2 aromatic carbocycles. The van der Waals surface area contributed by atoms with E-state index in [1.54, 1.807) is 0 Å². The molecular formula is C17H15N3O. The van der Waals surface area contributed by atoms with Crippen LogP contribution in [-0.2, 0) is 6.54 Å². The second-order valence-electron chi connectivity index (χ2n) is 5.18. The normalized spacial score (nSPS) is 13.0. The van der Waals surface area contributed by atoms with Crippen LogP contribution in [0.3, 0.4) is 0 Å². The van der Waals surface area contributed by atoms with Crippen LogP contribution in [0.5, 0.6) is 0 Å². The Kier molecular flexibility index (Phi) is 2.75. The Morgan fingerprint density at radius 3 is 2.67 bits per heavy atom. The number of fused-ring (bicyclic) bond motifs is 2. The Bertz CT molecular complexity index is 873. The number of furan rings is 1. The maximum absolute atomic E-state index is 6.29. The Morgan fingerprint density at radius 1 is 1.05 bits per heavy atom. The van der Waals surface area contributed by atoms with Gasteiger partial charge in [0.25, 0.3) is 0 Å². The number of nitrogens with zero attached hydrogens (tertiary/aromatic N) is 2. The molecule has 0 aliphatic heterocycles. The molecule has 21 heavy (non-hydrogen) atoms. The topological polar surface area (TPSA) is 57.0 Å². The van der Waals surface area contributed by atoms with E-state index in [1.165, 1.54) is 0 Å². The van der Waals surface area contributed by atoms with Crippen molar-refractivity contribution in [1.82, 2.24) is 9.78 Å². The molecule has 1 unspecified atom stereocenters. The van der Waals surface area contributed by atoms with Crippen molar-refractivity contribution in [2.24, 2.45) is 5.73 Å². The third kappa shape index (κ3) is 2.10. The maximum atomic E-state index is 6.29. The minimum absolute atomic E-state index is 0.222. The summed E-state index contributed by atoms with van der Waals surface area (Å²) >= 11 is 0. The molecule has 0 saturated carbocycles. The van der Waals surface area contributed by atoms with Gasteiger partial charge in [-0.2, -0.15) is 5.10 Å². The molecule has 0 fully saturated rings. The molecule has 0 spiro atoms. The average molecular weight is 277 g/mol. The molecular weight excluding hydrogens is 262 g/mol. The minimum Gasteiger partial charge on any atom is -0.459 e. The van der Waals surface area contributed by atoms with Crippen LogP contribution in [0.25, 0.3) is 21.9 Å². The lowest BCUT2D eigenvalue weighted by molar-refractivity contribution is 0.444. The lowest BCUT2D eigenvalue weighted by Crippen LogP contribution is -2.17. The van der Waals surface area contributed by atoms with E-state index < -0.39 is 0 Å². The number of aromatic nitrogens is 2. The highest BCUT2D eigenvalue weighted by Gasteiger charge is 2.14. The van der Waals surface area contributed by atoms with Crippen LogP contribution in [0.4, 0.5) is 0 Å². The lowest BCUT2D eigenvalue weighted by Gasteiger charge is -2.09. The first-order valence-corrected chi connectivity index (χ1v) is 6.96. The van der Waals surface area contributed by atoms with E-state index >= 15 is 0 Å². The molecule has 1 atom stereocenters. The number of hydrogen-bond acceptors (Lipinski definition) is 3. The third-order valence-electron chi connectivity index (χ3n) is 3.73. The van der Waals surface area contributed by atoms with Crippen molar-refractivity contribution in [3.05, 3.63) is 66.6 Å². The lowest BCUT2D eigenvalue weighted by atomic mass is 10.2. The summed E-state index contributed by atoms with van der Waals surface area (Å²) in [5.74, 6) is 0.788. The van der Waals surface area contributed by atoms with Crippen molar-refractivity contribution in [3.8, 4) is 0 Å². The highest BCUT2D eigenvalue weighted by Crippen LogP contribution is 2.24. The van der Waals surface area contributed by atoms with E-state index in [1.807, 2.05) is 65.5 Å². The molecule has 0 amide bonds. The number of para-hydroxylation sites is 2. The van der Waals surface area contributed by atoms with Gasteiger partial charge in [-0.15, -0.1) is 0 Å². The maximum Gasteiger partial charge on any atom is 0.134 e. The molecule has 4 rings (SSSR count). The highest BCUT2D eigenvalue weighted by atomic mass is 16.3. The number of nitrogens with two attached hydrogens (primary N) is 1. The van der Waals surface area contributed by atoms with Gasteiger partial charge in [-0.1, -0.05) is 36.4 Å². The van der Waals surface area contributed by atoms with Gasteiger partial charge in [-0.05, 0) is 18.2 Å². The van der Waals surface area contributed by atoms with E-state index in [0.29, 0.717) is 6.54 Å². The summed E-state index contributed by atoms with van der Waals surface area (Å²) in [5, 5.41) is 6.61. The minimum atomic E-state index is -0.222. The quantitative estimate of drug-likeness (QED) is 0.623. The van der Waals surface area contributed by atoms with Gasteiger partial charge in [0.2, 0.25) is 0 Å². The zero-order chi connectivity index (χ0) is 14.2. The van der Waals surface area contributed by atoms with Gasteiger partial charge < -0.3 is 10.2 Å². The fourth-order valence-electron chi connectivity index (χ4n) is 2.63. The molecule has 4 nitrogen and oxygen atoms in total. The molecule has 4 aromatic rings. The van der Waals surface area contributed by atoms with Crippen LogP contribution in [0.2, 0.25) is 0 Å². The van der Waals surface area contributed by atoms with E-state index in [9.17, 15) is 0 Å². The van der Waals surface area contributed by atoms with Gasteiger partial charge in [-0.3, -0.25) is 4.68 Å². The summed E-state index contributed by atoms with van der Waals surface area (Å²) in [6, 6.07) is 17.8. The van der Waals surface area contributed by atoms with Crippen LogP contribution in [0, 0.1) is 0 Å². The second kappa shape index (κ2) is 4.75. The molecule has 2 aromatic heterocycles. The second-order valence-corrected chi connectivity index (χ2v) is 5.18. The van der Waals surface area contributed by atoms with E-state index in [4.69, 9.17) is 10.2 Å². The first kappa shape index (κ1) is 12.2. The Balaban J connectivity index is 1.67. The summed E-state index contributed by atoms with van der Waals surface area (Å²) in [6.07, 6.45) is 1.86. The molecule has 0 aliphatic carbocycles. The van der Waals surface area contributed by atoms with E-state index in [2.05, 4.69) is 5.10 Å². The molecule has 104 valence electrons. The summed E-state index contributed by atoms with van der Waals surface area (Å²) in [6.45, 7) is 0.591. The first-order valence-electron chi connectivity index (χ1n) is 6.96. The molecule has 0 saturated heterocycles. The fourth-order valence-corrected chi connectivity index (χ4v) is 2.63. The van der Waals surface area contributed by atoms with Crippen molar-refractivity contribution in [2.45, 2.75) is 12.6 Å². The fraction of sp³-hybridized carbons (Fsp3) is 0.118. The van der Waals surface area contributed by atoms with Crippen LogP contribution in [0.15, 0.2) is 65.2 Å². The summed E-state index contributed by atoms with van der Waals surface area (Å²) in [5.41, 5.74) is 8.24.